The fourth-order valence-electron chi connectivity index (χ4n) is 5.65. The van der Waals surface area contributed by atoms with Crippen molar-refractivity contribution in [1.29, 1.82) is 0 Å². The lowest BCUT2D eigenvalue weighted by molar-refractivity contribution is -0.139. The molecular formula is C25H29FN2O3. The number of nitrogens with zero attached hydrogens (tertiary/aromatic N) is 1. The summed E-state index contributed by atoms with van der Waals surface area (Å²) in [7, 11) is 3.26. The van der Waals surface area contributed by atoms with Crippen LogP contribution in [0.15, 0.2) is 30.3 Å². The molecule has 0 atom stereocenters. The Balaban J connectivity index is 1.43. The van der Waals surface area contributed by atoms with E-state index < -0.39 is 0 Å². The van der Waals surface area contributed by atoms with Gasteiger partial charge in [0.05, 0.1) is 14.2 Å². The Labute approximate surface area is 182 Å². The number of methoxy groups -OCH3 is 2. The first-order valence-corrected chi connectivity index (χ1v) is 11.1. The molecule has 6 rings (SSSR count). The van der Waals surface area contributed by atoms with E-state index in [2.05, 4.69) is 10.2 Å². The second-order valence-electron chi connectivity index (χ2n) is 9.33. The third kappa shape index (κ3) is 3.62. The van der Waals surface area contributed by atoms with Crippen LogP contribution in [0.25, 0.3) is 0 Å². The summed E-state index contributed by atoms with van der Waals surface area (Å²) in [5, 5.41) is 3.11. The third-order valence-electron chi connectivity index (χ3n) is 7.24. The van der Waals surface area contributed by atoms with Gasteiger partial charge in [0.25, 0.3) is 0 Å². The van der Waals surface area contributed by atoms with Gasteiger partial charge in [0.15, 0.2) is 0 Å². The van der Waals surface area contributed by atoms with Crippen molar-refractivity contribution >= 4 is 17.3 Å². The second-order valence-corrected chi connectivity index (χ2v) is 9.33. The van der Waals surface area contributed by atoms with Gasteiger partial charge in [0, 0.05) is 30.8 Å². The molecule has 2 aromatic rings. The topological polar surface area (TPSA) is 50.8 Å². The molecule has 1 aliphatic heterocycles. The first-order chi connectivity index (χ1) is 15.0. The minimum atomic E-state index is -0.235. The van der Waals surface area contributed by atoms with Crippen LogP contribution in [0, 0.1) is 17.2 Å². The minimum Gasteiger partial charge on any atom is -0.494 e. The molecule has 5 nitrogen and oxygen atoms in total. The number of hydrogen-bond acceptors (Lipinski definition) is 4. The lowest BCUT2D eigenvalue weighted by atomic mass is 9.43. The Morgan fingerprint density at radius 1 is 1.19 bits per heavy atom. The number of benzene rings is 2. The van der Waals surface area contributed by atoms with Gasteiger partial charge in [-0.05, 0) is 79.3 Å². The normalized spacial score (nSPS) is 23.7. The predicted molar refractivity (Wildman–Crippen MR) is 118 cm³/mol. The molecule has 0 unspecified atom stereocenters. The van der Waals surface area contributed by atoms with E-state index in [1.807, 2.05) is 18.2 Å². The van der Waals surface area contributed by atoms with Gasteiger partial charge < -0.3 is 19.7 Å². The Hall–Kier alpha value is -2.76. The van der Waals surface area contributed by atoms with Crippen LogP contribution in [0.4, 0.5) is 15.8 Å². The molecule has 0 radical (unpaired) electrons. The molecule has 0 saturated heterocycles. The van der Waals surface area contributed by atoms with Crippen molar-refractivity contribution < 1.29 is 18.7 Å². The molecule has 3 saturated carbocycles. The number of fused-ring (bicyclic) bond motifs is 1. The SMILES string of the molecule is COc1cc2c(c(OC)c1NC(=O)CC13CC(C1)C3)CCCN(c1ccc(F)cc1)C2. The van der Waals surface area contributed by atoms with Crippen molar-refractivity contribution in [3.8, 4) is 11.5 Å². The van der Waals surface area contributed by atoms with Crippen LogP contribution in [0.3, 0.4) is 0 Å². The number of carbonyl (C=O) groups is 1. The largest absolute Gasteiger partial charge is 0.494 e. The van der Waals surface area contributed by atoms with E-state index in [9.17, 15) is 9.18 Å². The van der Waals surface area contributed by atoms with Gasteiger partial charge in [-0.25, -0.2) is 4.39 Å². The summed E-state index contributed by atoms with van der Waals surface area (Å²) in [4.78, 5) is 15.1. The quantitative estimate of drug-likeness (QED) is 0.715. The smallest absolute Gasteiger partial charge is 0.225 e. The third-order valence-corrected chi connectivity index (χ3v) is 7.24. The molecule has 4 aliphatic rings. The number of hydrogen-bond donors (Lipinski definition) is 1. The lowest BCUT2D eigenvalue weighted by Gasteiger charge is -2.61. The van der Waals surface area contributed by atoms with Gasteiger partial charge in [-0.1, -0.05) is 0 Å². The maximum atomic E-state index is 13.4. The minimum absolute atomic E-state index is 0.0382. The Kier molecular flexibility index (Phi) is 5.03. The molecule has 2 aromatic carbocycles. The molecule has 1 amide bonds. The average molecular weight is 425 g/mol. The molecular weight excluding hydrogens is 395 g/mol. The molecule has 1 N–H and O–H groups in total. The molecule has 164 valence electrons. The van der Waals surface area contributed by atoms with Crippen LogP contribution in [-0.4, -0.2) is 26.7 Å². The fraction of sp³-hybridized carbons (Fsp3) is 0.480. The van der Waals surface area contributed by atoms with E-state index in [-0.39, 0.29) is 17.1 Å². The Morgan fingerprint density at radius 2 is 1.94 bits per heavy atom. The van der Waals surface area contributed by atoms with Gasteiger partial charge in [-0.2, -0.15) is 0 Å². The van der Waals surface area contributed by atoms with Crippen molar-refractivity contribution in [2.45, 2.75) is 45.1 Å². The van der Waals surface area contributed by atoms with Gasteiger partial charge in [-0.3, -0.25) is 4.79 Å². The fourth-order valence-corrected chi connectivity index (χ4v) is 5.65. The van der Waals surface area contributed by atoms with E-state index in [1.165, 1.54) is 31.4 Å². The number of anilines is 2. The summed E-state index contributed by atoms with van der Waals surface area (Å²) in [6, 6.07) is 8.62. The Bertz CT molecular complexity index is 988. The Morgan fingerprint density at radius 3 is 2.55 bits per heavy atom. The number of amides is 1. The highest BCUT2D eigenvalue weighted by Gasteiger charge is 2.57. The number of halogens is 1. The van der Waals surface area contributed by atoms with Gasteiger partial charge >= 0.3 is 0 Å². The molecule has 31 heavy (non-hydrogen) atoms. The monoisotopic (exact) mass is 424 g/mol. The number of rotatable bonds is 6. The van der Waals surface area contributed by atoms with Crippen molar-refractivity contribution in [2.75, 3.05) is 31.0 Å². The van der Waals surface area contributed by atoms with Crippen molar-refractivity contribution in [3.63, 3.8) is 0 Å². The number of carbonyl (C=O) groups excluding carboxylic acids is 1. The van der Waals surface area contributed by atoms with E-state index in [1.54, 1.807) is 14.2 Å². The van der Waals surface area contributed by atoms with Crippen LogP contribution in [0.2, 0.25) is 0 Å². The first-order valence-electron chi connectivity index (χ1n) is 11.1. The lowest BCUT2D eigenvalue weighted by Crippen LogP contribution is -2.53. The highest BCUT2D eigenvalue weighted by atomic mass is 19.1. The van der Waals surface area contributed by atoms with E-state index in [0.717, 1.165) is 42.1 Å². The van der Waals surface area contributed by atoms with Crippen LogP contribution in [-0.2, 0) is 17.8 Å². The standard InChI is InChI=1S/C25H29FN2O3/c1-30-21-10-17-15-28(19-7-5-18(26)6-8-19)9-3-4-20(17)24(31-2)23(21)27-22(29)14-25-11-16(12-25)13-25/h5-8,10,16H,3-4,9,11-15H2,1-2H3,(H,27,29). The summed E-state index contributed by atoms with van der Waals surface area (Å²) in [5.74, 6) is 1.97. The molecule has 0 spiro atoms. The number of ether oxygens (including phenoxy) is 2. The summed E-state index contributed by atoms with van der Waals surface area (Å²) >= 11 is 0. The average Bonchev–Trinajstić information content (AvgIpc) is 2.92. The molecule has 2 bridgehead atoms. The van der Waals surface area contributed by atoms with Crippen LogP contribution >= 0.6 is 0 Å². The highest BCUT2D eigenvalue weighted by molar-refractivity contribution is 5.95. The van der Waals surface area contributed by atoms with Crippen LogP contribution in [0.5, 0.6) is 11.5 Å². The van der Waals surface area contributed by atoms with Crippen molar-refractivity contribution in [2.24, 2.45) is 11.3 Å². The van der Waals surface area contributed by atoms with Crippen molar-refractivity contribution in [3.05, 3.63) is 47.3 Å². The summed E-state index contributed by atoms with van der Waals surface area (Å²) < 4.78 is 24.9. The molecule has 0 aromatic heterocycles. The van der Waals surface area contributed by atoms with Crippen LogP contribution < -0.4 is 19.7 Å². The number of nitrogens with one attached hydrogen (secondary N) is 1. The van der Waals surface area contributed by atoms with Gasteiger partial charge in [-0.15, -0.1) is 0 Å². The predicted octanol–water partition coefficient (Wildman–Crippen LogP) is 4.92. The molecule has 1 heterocycles. The highest BCUT2D eigenvalue weighted by Crippen LogP contribution is 2.66. The maximum absolute atomic E-state index is 13.4. The van der Waals surface area contributed by atoms with Gasteiger partial charge in [0.2, 0.25) is 5.91 Å². The molecule has 3 aliphatic carbocycles. The van der Waals surface area contributed by atoms with Crippen molar-refractivity contribution in [1.82, 2.24) is 0 Å². The first kappa shape index (κ1) is 20.2. The molecule has 3 fully saturated rings. The molecule has 6 heteroatoms. The maximum Gasteiger partial charge on any atom is 0.225 e. The zero-order valence-electron chi connectivity index (χ0n) is 18.2. The van der Waals surface area contributed by atoms with Gasteiger partial charge in [0.1, 0.15) is 23.0 Å². The second kappa shape index (κ2) is 7.74. The zero-order chi connectivity index (χ0) is 21.6. The summed E-state index contributed by atoms with van der Waals surface area (Å²) in [6.45, 7) is 1.53. The zero-order valence-corrected chi connectivity index (χ0v) is 18.2. The summed E-state index contributed by atoms with van der Waals surface area (Å²) in [5.41, 5.74) is 4.08. The van der Waals surface area contributed by atoms with E-state index in [4.69, 9.17) is 9.47 Å². The van der Waals surface area contributed by atoms with Crippen LogP contribution in [0.1, 0.15) is 43.2 Å². The van der Waals surface area contributed by atoms with E-state index in [0.29, 0.717) is 30.2 Å². The van der Waals surface area contributed by atoms with E-state index >= 15 is 0 Å². The summed E-state index contributed by atoms with van der Waals surface area (Å²) in [6.07, 6.45) is 5.93.